The molecule has 0 aliphatic heterocycles. The lowest BCUT2D eigenvalue weighted by Gasteiger charge is -2.21. The molecule has 0 heterocycles. The molecule has 0 saturated heterocycles. The summed E-state index contributed by atoms with van der Waals surface area (Å²) >= 11 is 0. The normalized spacial score (nSPS) is 10.8. The van der Waals surface area contributed by atoms with E-state index in [0.29, 0.717) is 34.3 Å². The first-order chi connectivity index (χ1) is 14.1. The summed E-state index contributed by atoms with van der Waals surface area (Å²) in [6.45, 7) is 9.59. The molecule has 0 spiro atoms. The van der Waals surface area contributed by atoms with E-state index in [1.807, 2.05) is 18.2 Å². The summed E-state index contributed by atoms with van der Waals surface area (Å²) in [5.74, 6) is 2.04. The number of rotatable bonds is 7. The second-order valence-electron chi connectivity index (χ2n) is 7.43. The predicted molar refractivity (Wildman–Crippen MR) is 117 cm³/mol. The maximum Gasteiger partial charge on any atom is 0.412 e. The van der Waals surface area contributed by atoms with E-state index in [1.54, 1.807) is 54.2 Å². The third-order valence-corrected chi connectivity index (χ3v) is 4.20. The molecule has 0 aliphatic rings. The van der Waals surface area contributed by atoms with Crippen molar-refractivity contribution in [3.63, 3.8) is 0 Å². The maximum atomic E-state index is 12.2. The number of hydrogen-bond donors (Lipinski definition) is 1. The minimum Gasteiger partial charge on any atom is -0.495 e. The van der Waals surface area contributed by atoms with Gasteiger partial charge < -0.3 is 23.7 Å². The number of carbonyl (C=O) groups is 1. The highest BCUT2D eigenvalue weighted by Crippen LogP contribution is 2.41. The highest BCUT2D eigenvalue weighted by Gasteiger charge is 2.19. The van der Waals surface area contributed by atoms with E-state index >= 15 is 0 Å². The molecule has 0 unspecified atom stereocenters. The van der Waals surface area contributed by atoms with Crippen molar-refractivity contribution in [3.05, 3.63) is 48.0 Å². The molecular weight excluding hydrogens is 386 g/mol. The molecule has 1 amide bonds. The third-order valence-electron chi connectivity index (χ3n) is 4.20. The number of hydrogen-bond acceptors (Lipinski definition) is 6. The van der Waals surface area contributed by atoms with Gasteiger partial charge in [0.05, 0.1) is 34.1 Å². The lowest BCUT2D eigenvalue weighted by atomic mass is 9.98. The van der Waals surface area contributed by atoms with E-state index < -0.39 is 11.7 Å². The summed E-state index contributed by atoms with van der Waals surface area (Å²) in [5.41, 5.74) is 2.10. The molecule has 0 radical (unpaired) electrons. The van der Waals surface area contributed by atoms with Crippen molar-refractivity contribution < 1.29 is 28.5 Å². The van der Waals surface area contributed by atoms with Gasteiger partial charge in [0.25, 0.3) is 0 Å². The van der Waals surface area contributed by atoms with Gasteiger partial charge in [0.1, 0.15) is 11.4 Å². The molecule has 2 aromatic rings. The molecule has 7 nitrogen and oxygen atoms in total. The summed E-state index contributed by atoms with van der Waals surface area (Å²) in [7, 11) is 6.19. The Kier molecular flexibility index (Phi) is 7.21. The Morgan fingerprint density at radius 1 is 0.833 bits per heavy atom. The standard InChI is InChI=1S/C23H29NO6/c1-14(16-12-19(27-6)21(29-8)20(13-16)28-7)15-9-10-18(26-5)17(11-15)24-22(25)30-23(2,3)4/h9-13H,1H2,2-8H3,(H,24,25). The fraction of sp³-hybridized carbons (Fsp3) is 0.348. The van der Waals surface area contributed by atoms with E-state index in [0.717, 1.165) is 11.1 Å². The molecular formula is C23H29NO6. The van der Waals surface area contributed by atoms with E-state index in [9.17, 15) is 4.79 Å². The van der Waals surface area contributed by atoms with Crippen molar-refractivity contribution in [3.8, 4) is 23.0 Å². The molecule has 2 aromatic carbocycles. The number of amides is 1. The number of nitrogens with one attached hydrogen (secondary N) is 1. The molecule has 0 atom stereocenters. The van der Waals surface area contributed by atoms with Crippen molar-refractivity contribution >= 4 is 17.4 Å². The monoisotopic (exact) mass is 415 g/mol. The minimum absolute atomic E-state index is 0.470. The Morgan fingerprint density at radius 3 is 1.87 bits per heavy atom. The van der Waals surface area contributed by atoms with Gasteiger partial charge in [0, 0.05) is 0 Å². The molecule has 0 aliphatic carbocycles. The van der Waals surface area contributed by atoms with Gasteiger partial charge in [-0.25, -0.2) is 4.79 Å². The van der Waals surface area contributed by atoms with Crippen LogP contribution < -0.4 is 24.3 Å². The van der Waals surface area contributed by atoms with E-state index in [4.69, 9.17) is 23.7 Å². The van der Waals surface area contributed by atoms with Gasteiger partial charge in [-0.15, -0.1) is 0 Å². The Morgan fingerprint density at radius 2 is 1.40 bits per heavy atom. The molecule has 1 N–H and O–H groups in total. The largest absolute Gasteiger partial charge is 0.495 e. The molecule has 162 valence electrons. The second-order valence-corrected chi connectivity index (χ2v) is 7.43. The zero-order chi connectivity index (χ0) is 22.5. The van der Waals surface area contributed by atoms with Crippen LogP contribution in [0.2, 0.25) is 0 Å². The summed E-state index contributed by atoms with van der Waals surface area (Å²) in [5, 5.41) is 2.73. The quantitative estimate of drug-likeness (QED) is 0.676. The van der Waals surface area contributed by atoms with E-state index in [1.165, 1.54) is 7.11 Å². The summed E-state index contributed by atoms with van der Waals surface area (Å²) in [4.78, 5) is 12.2. The number of anilines is 1. The first-order valence-electron chi connectivity index (χ1n) is 9.31. The Balaban J connectivity index is 2.42. The van der Waals surface area contributed by atoms with E-state index in [2.05, 4.69) is 11.9 Å². The van der Waals surface area contributed by atoms with Gasteiger partial charge in [-0.05, 0) is 61.7 Å². The Bertz CT molecular complexity index is 905. The molecule has 0 aromatic heterocycles. The average Bonchev–Trinajstić information content (AvgIpc) is 2.70. The second kappa shape index (κ2) is 9.43. The van der Waals surface area contributed by atoms with Crippen LogP contribution >= 0.6 is 0 Å². The smallest absolute Gasteiger partial charge is 0.412 e. The molecule has 7 heteroatoms. The molecule has 30 heavy (non-hydrogen) atoms. The van der Waals surface area contributed by atoms with Gasteiger partial charge in [-0.3, -0.25) is 5.32 Å². The van der Waals surface area contributed by atoms with Crippen LogP contribution in [0.1, 0.15) is 31.9 Å². The fourth-order valence-corrected chi connectivity index (χ4v) is 2.83. The van der Waals surface area contributed by atoms with Crippen LogP contribution in [-0.4, -0.2) is 40.1 Å². The number of methoxy groups -OCH3 is 4. The highest BCUT2D eigenvalue weighted by molar-refractivity contribution is 5.89. The molecule has 0 fully saturated rings. The van der Waals surface area contributed by atoms with E-state index in [-0.39, 0.29) is 0 Å². The SMILES string of the molecule is C=C(c1ccc(OC)c(NC(=O)OC(C)(C)C)c1)c1cc(OC)c(OC)c(OC)c1. The topological polar surface area (TPSA) is 75.3 Å². The third kappa shape index (κ3) is 5.37. The van der Waals surface area contributed by atoms with Crippen LogP contribution in [-0.2, 0) is 4.74 Å². The zero-order valence-corrected chi connectivity index (χ0v) is 18.5. The number of benzene rings is 2. The van der Waals surface area contributed by atoms with Crippen molar-refractivity contribution in [2.75, 3.05) is 33.8 Å². The van der Waals surface area contributed by atoms with Gasteiger partial charge in [0.2, 0.25) is 5.75 Å². The minimum atomic E-state index is -0.616. The van der Waals surface area contributed by atoms with Crippen LogP contribution in [0.25, 0.3) is 5.57 Å². The van der Waals surface area contributed by atoms with Crippen LogP contribution in [0, 0.1) is 0 Å². The van der Waals surface area contributed by atoms with Gasteiger partial charge in [0.15, 0.2) is 11.5 Å². The van der Waals surface area contributed by atoms with Crippen LogP contribution in [0.3, 0.4) is 0 Å². The molecule has 0 saturated carbocycles. The summed E-state index contributed by atoms with van der Waals surface area (Å²) in [6, 6.07) is 9.01. The summed E-state index contributed by atoms with van der Waals surface area (Å²) < 4.78 is 26.9. The van der Waals surface area contributed by atoms with Crippen LogP contribution in [0.4, 0.5) is 10.5 Å². The molecule has 2 rings (SSSR count). The van der Waals surface area contributed by atoms with Crippen LogP contribution in [0.5, 0.6) is 23.0 Å². The Labute approximate surface area is 177 Å². The predicted octanol–water partition coefficient (Wildman–Crippen LogP) is 5.13. The van der Waals surface area contributed by atoms with Gasteiger partial charge in [-0.1, -0.05) is 12.6 Å². The first-order valence-corrected chi connectivity index (χ1v) is 9.31. The fourth-order valence-electron chi connectivity index (χ4n) is 2.83. The lowest BCUT2D eigenvalue weighted by molar-refractivity contribution is 0.0635. The van der Waals surface area contributed by atoms with Crippen LogP contribution in [0.15, 0.2) is 36.9 Å². The van der Waals surface area contributed by atoms with Crippen molar-refractivity contribution in [1.82, 2.24) is 0 Å². The Hall–Kier alpha value is -3.35. The summed E-state index contributed by atoms with van der Waals surface area (Å²) in [6.07, 6.45) is -0.573. The zero-order valence-electron chi connectivity index (χ0n) is 18.5. The lowest BCUT2D eigenvalue weighted by Crippen LogP contribution is -2.27. The number of carbonyl (C=O) groups excluding carboxylic acids is 1. The van der Waals surface area contributed by atoms with Crippen molar-refractivity contribution in [1.29, 1.82) is 0 Å². The van der Waals surface area contributed by atoms with Gasteiger partial charge in [-0.2, -0.15) is 0 Å². The van der Waals surface area contributed by atoms with Gasteiger partial charge >= 0.3 is 6.09 Å². The van der Waals surface area contributed by atoms with Crippen molar-refractivity contribution in [2.45, 2.75) is 26.4 Å². The first kappa shape index (κ1) is 22.9. The molecule has 0 bridgehead atoms. The highest BCUT2D eigenvalue weighted by atomic mass is 16.6. The average molecular weight is 415 g/mol. The van der Waals surface area contributed by atoms with Crippen molar-refractivity contribution in [2.24, 2.45) is 0 Å². The number of ether oxygens (including phenoxy) is 5. The maximum absolute atomic E-state index is 12.2.